The fourth-order valence-corrected chi connectivity index (χ4v) is 5.01. The van der Waals surface area contributed by atoms with Gasteiger partial charge in [-0.1, -0.05) is 0 Å². The van der Waals surface area contributed by atoms with Crippen molar-refractivity contribution in [3.63, 3.8) is 0 Å². The van der Waals surface area contributed by atoms with Crippen LogP contribution in [0.15, 0.2) is 36.4 Å². The summed E-state index contributed by atoms with van der Waals surface area (Å²) in [4.78, 5) is 43.6. The molecule has 2 aromatic carbocycles. The van der Waals surface area contributed by atoms with Gasteiger partial charge in [-0.2, -0.15) is 0 Å². The molecule has 1 amide bonds. The Morgan fingerprint density at radius 3 is 2.46 bits per heavy atom. The number of amides is 1. The number of hydrogen-bond acceptors (Lipinski definition) is 5. The number of piperazine rings is 1. The van der Waals surface area contributed by atoms with Crippen LogP contribution in [0.2, 0.25) is 0 Å². The van der Waals surface area contributed by atoms with Gasteiger partial charge in [-0.05, 0) is 74.6 Å². The molecule has 0 atom stereocenters. The van der Waals surface area contributed by atoms with Gasteiger partial charge in [-0.15, -0.1) is 0 Å². The van der Waals surface area contributed by atoms with Crippen molar-refractivity contribution in [3.8, 4) is 0 Å². The van der Waals surface area contributed by atoms with Gasteiger partial charge >= 0.3 is 5.97 Å². The molecule has 1 fully saturated rings. The molecule has 1 saturated heterocycles. The van der Waals surface area contributed by atoms with E-state index < -0.39 is 11.8 Å². The Balaban J connectivity index is 1.16. The summed E-state index contributed by atoms with van der Waals surface area (Å²) in [6.07, 6.45) is 4.35. The van der Waals surface area contributed by atoms with E-state index in [1.807, 2.05) is 17.0 Å². The number of nitrogens with zero attached hydrogens (tertiary/aromatic N) is 2. The van der Waals surface area contributed by atoms with E-state index in [2.05, 4.69) is 4.98 Å². The number of carbonyl (C=O) groups excluding carboxylic acids is 3. The summed E-state index contributed by atoms with van der Waals surface area (Å²) >= 11 is 0. The predicted octanol–water partition coefficient (Wildman–Crippen LogP) is 3.89. The number of aromatic nitrogens is 1. The molecule has 1 N–H and O–H groups in total. The number of aromatic amines is 1. The van der Waals surface area contributed by atoms with Gasteiger partial charge in [0.1, 0.15) is 5.82 Å². The summed E-state index contributed by atoms with van der Waals surface area (Å²) in [6, 6.07) is 9.93. The molecule has 1 aromatic heterocycles. The van der Waals surface area contributed by atoms with E-state index in [0.717, 1.165) is 30.2 Å². The zero-order valence-corrected chi connectivity index (χ0v) is 19.7. The number of fused-ring (bicyclic) bond motifs is 3. The van der Waals surface area contributed by atoms with E-state index in [0.29, 0.717) is 43.0 Å². The van der Waals surface area contributed by atoms with Crippen molar-refractivity contribution in [2.24, 2.45) is 0 Å². The lowest BCUT2D eigenvalue weighted by Crippen LogP contribution is -2.50. The quantitative estimate of drug-likeness (QED) is 0.445. The molecule has 0 spiro atoms. The van der Waals surface area contributed by atoms with Crippen molar-refractivity contribution in [1.29, 1.82) is 0 Å². The Bertz CT molecular complexity index is 1310. The molecule has 1 aliphatic carbocycles. The van der Waals surface area contributed by atoms with E-state index >= 15 is 0 Å². The second-order valence-corrected chi connectivity index (χ2v) is 9.22. The van der Waals surface area contributed by atoms with E-state index in [9.17, 15) is 18.8 Å². The highest BCUT2D eigenvalue weighted by Gasteiger charge is 2.24. The number of ether oxygens (including phenoxy) is 1. The summed E-state index contributed by atoms with van der Waals surface area (Å²) in [6.45, 7) is 2.76. The van der Waals surface area contributed by atoms with Gasteiger partial charge in [0.25, 0.3) is 5.91 Å². The maximum atomic E-state index is 14.5. The van der Waals surface area contributed by atoms with E-state index in [1.54, 1.807) is 23.1 Å². The third kappa shape index (κ3) is 4.65. The second kappa shape index (κ2) is 9.52. The molecule has 2 aliphatic rings. The lowest BCUT2D eigenvalue weighted by Gasteiger charge is -2.36. The number of nitrogens with one attached hydrogen (secondary N) is 1. The van der Waals surface area contributed by atoms with E-state index in [4.69, 9.17) is 4.74 Å². The first kappa shape index (κ1) is 23.1. The van der Waals surface area contributed by atoms with Crippen LogP contribution in [-0.4, -0.2) is 60.3 Å². The normalized spacial score (nSPS) is 15.7. The number of aryl methyl sites for hydroxylation is 2. The van der Waals surface area contributed by atoms with Crippen molar-refractivity contribution in [2.45, 2.75) is 32.6 Å². The van der Waals surface area contributed by atoms with Crippen LogP contribution in [0.3, 0.4) is 0 Å². The lowest BCUT2D eigenvalue weighted by atomic mass is 9.95. The first-order valence-electron chi connectivity index (χ1n) is 12.0. The predicted molar refractivity (Wildman–Crippen MR) is 130 cm³/mol. The molecular formula is C27H28FN3O4. The van der Waals surface area contributed by atoms with Crippen molar-refractivity contribution in [2.75, 3.05) is 37.7 Å². The summed E-state index contributed by atoms with van der Waals surface area (Å²) in [5.74, 6) is -1.43. The summed E-state index contributed by atoms with van der Waals surface area (Å²) in [5, 5.41) is 1.06. The van der Waals surface area contributed by atoms with E-state index in [1.165, 1.54) is 30.7 Å². The maximum absolute atomic E-state index is 14.5. The van der Waals surface area contributed by atoms with Crippen molar-refractivity contribution < 1.29 is 23.5 Å². The molecule has 7 nitrogen and oxygen atoms in total. The maximum Gasteiger partial charge on any atom is 0.338 e. The highest BCUT2D eigenvalue weighted by atomic mass is 19.1. The molecule has 0 saturated carbocycles. The van der Waals surface area contributed by atoms with Crippen molar-refractivity contribution in [3.05, 3.63) is 64.6 Å². The van der Waals surface area contributed by atoms with Crippen LogP contribution in [-0.2, 0) is 22.4 Å². The minimum Gasteiger partial charge on any atom is -0.452 e. The number of ketones is 1. The van der Waals surface area contributed by atoms with Gasteiger partial charge in [-0.3, -0.25) is 9.59 Å². The third-order valence-electron chi connectivity index (χ3n) is 6.99. The minimum atomic E-state index is -0.516. The van der Waals surface area contributed by atoms with Crippen LogP contribution < -0.4 is 4.90 Å². The molecule has 2 heterocycles. The van der Waals surface area contributed by atoms with Crippen molar-refractivity contribution >= 4 is 34.3 Å². The number of esters is 1. The monoisotopic (exact) mass is 477 g/mol. The van der Waals surface area contributed by atoms with E-state index in [-0.39, 0.29) is 18.3 Å². The van der Waals surface area contributed by atoms with Crippen LogP contribution in [0, 0.1) is 5.82 Å². The fourth-order valence-electron chi connectivity index (χ4n) is 5.01. The van der Waals surface area contributed by atoms with Gasteiger partial charge in [0.2, 0.25) is 0 Å². The van der Waals surface area contributed by atoms with Gasteiger partial charge < -0.3 is 19.5 Å². The highest BCUT2D eigenvalue weighted by molar-refractivity contribution is 5.97. The number of halogens is 1. The van der Waals surface area contributed by atoms with Gasteiger partial charge in [-0.25, -0.2) is 9.18 Å². The Morgan fingerprint density at radius 1 is 0.971 bits per heavy atom. The molecule has 0 bridgehead atoms. The smallest absolute Gasteiger partial charge is 0.338 e. The third-order valence-corrected chi connectivity index (χ3v) is 6.99. The average Bonchev–Trinajstić information content (AvgIpc) is 3.25. The molecule has 5 rings (SSSR count). The topological polar surface area (TPSA) is 82.7 Å². The molecular weight excluding hydrogens is 449 g/mol. The zero-order valence-electron chi connectivity index (χ0n) is 19.7. The molecule has 3 aromatic rings. The van der Waals surface area contributed by atoms with Crippen LogP contribution >= 0.6 is 0 Å². The molecule has 1 aliphatic heterocycles. The number of anilines is 1. The van der Waals surface area contributed by atoms with Gasteiger partial charge in [0.15, 0.2) is 12.4 Å². The SMILES string of the molecule is CC(=O)c1ccc(N2CCN(C(=O)COC(=O)c3ccc4[nH]c5c(c4c3)CCCC5)CC2)c(F)c1. The number of benzene rings is 2. The molecule has 8 heteroatoms. The Hall–Kier alpha value is -3.68. The number of carbonyl (C=O) groups is 3. The molecule has 182 valence electrons. The van der Waals surface area contributed by atoms with Gasteiger partial charge in [0, 0.05) is 48.3 Å². The summed E-state index contributed by atoms with van der Waals surface area (Å²) in [5.41, 5.74) is 4.73. The first-order chi connectivity index (χ1) is 16.9. The standard InChI is InChI=1S/C27H28FN3O4/c1-17(32)18-7-9-25(22(28)15-18)30-10-12-31(13-11-30)26(33)16-35-27(34)19-6-8-24-21(14-19)20-4-2-3-5-23(20)29-24/h6-9,14-15,29H,2-5,10-13,16H2,1H3. The average molecular weight is 478 g/mol. The zero-order chi connectivity index (χ0) is 24.5. The summed E-state index contributed by atoms with van der Waals surface area (Å²) < 4.78 is 19.8. The lowest BCUT2D eigenvalue weighted by molar-refractivity contribution is -0.134. The number of hydrogen-bond donors (Lipinski definition) is 1. The minimum absolute atomic E-state index is 0.187. The van der Waals surface area contributed by atoms with Crippen LogP contribution in [0.25, 0.3) is 10.9 Å². The number of Topliss-reactive ketones (excluding diaryl/α,β-unsaturated/α-hetero) is 1. The second-order valence-electron chi connectivity index (χ2n) is 9.22. The van der Waals surface area contributed by atoms with Crippen molar-refractivity contribution in [1.82, 2.24) is 9.88 Å². The summed E-state index contributed by atoms with van der Waals surface area (Å²) in [7, 11) is 0. The number of H-pyrrole nitrogens is 1. The number of rotatable bonds is 5. The van der Waals surface area contributed by atoms with Gasteiger partial charge in [0.05, 0.1) is 11.3 Å². The highest BCUT2D eigenvalue weighted by Crippen LogP contribution is 2.30. The molecule has 0 radical (unpaired) electrons. The molecule has 0 unspecified atom stereocenters. The van der Waals surface area contributed by atoms with Crippen LogP contribution in [0.5, 0.6) is 0 Å². The largest absolute Gasteiger partial charge is 0.452 e. The molecule has 35 heavy (non-hydrogen) atoms. The van der Waals surface area contributed by atoms with Crippen LogP contribution in [0.1, 0.15) is 51.7 Å². The van der Waals surface area contributed by atoms with Crippen LogP contribution in [0.4, 0.5) is 10.1 Å². The Morgan fingerprint density at radius 2 is 1.71 bits per heavy atom. The first-order valence-corrected chi connectivity index (χ1v) is 12.0. The fraction of sp³-hybridized carbons (Fsp3) is 0.370. The Kier molecular flexibility index (Phi) is 6.28. The Labute approximate surface area is 202 Å².